The Bertz CT molecular complexity index is 654. The van der Waals surface area contributed by atoms with Gasteiger partial charge in [0.1, 0.15) is 5.75 Å². The quantitative estimate of drug-likeness (QED) is 0.529. The van der Waals surface area contributed by atoms with Gasteiger partial charge >= 0.3 is 0 Å². The summed E-state index contributed by atoms with van der Waals surface area (Å²) in [4.78, 5) is 0. The first-order chi connectivity index (χ1) is 9.47. The highest BCUT2D eigenvalue weighted by molar-refractivity contribution is 9.10. The molecule has 0 saturated carbocycles. The Morgan fingerprint density at radius 2 is 1.75 bits per heavy atom. The average Bonchev–Trinajstić information content (AvgIpc) is 2.36. The van der Waals surface area contributed by atoms with Gasteiger partial charge in [0.25, 0.3) is 0 Å². The van der Waals surface area contributed by atoms with Crippen LogP contribution < -0.4 is 5.43 Å². The number of phenolic OH excluding ortho intramolecular Hbond substituents is 1. The number of nitrogens with one attached hydrogen (secondary N) is 1. The Balaban J connectivity index is 2.20. The van der Waals surface area contributed by atoms with Gasteiger partial charge in [0.2, 0.25) is 0 Å². The number of halogens is 4. The van der Waals surface area contributed by atoms with Crippen LogP contribution >= 0.6 is 50.7 Å². The van der Waals surface area contributed by atoms with Crippen LogP contribution in [0, 0.1) is 0 Å². The molecule has 0 unspecified atom stereocenters. The molecule has 0 radical (unpaired) electrons. The van der Waals surface area contributed by atoms with Crippen LogP contribution in [0.15, 0.2) is 39.9 Å². The number of benzene rings is 2. The highest BCUT2D eigenvalue weighted by atomic mass is 79.9. The zero-order chi connectivity index (χ0) is 14.7. The molecule has 0 amide bonds. The lowest BCUT2D eigenvalue weighted by molar-refractivity contribution is 0.474. The molecular formula is C13H8BrCl3N2O. The summed E-state index contributed by atoms with van der Waals surface area (Å²) < 4.78 is 0.833. The second-order valence-corrected chi connectivity index (χ2v) is 5.98. The first-order valence-corrected chi connectivity index (χ1v) is 7.32. The first-order valence-electron chi connectivity index (χ1n) is 5.39. The summed E-state index contributed by atoms with van der Waals surface area (Å²) in [5.41, 5.74) is 3.72. The van der Waals surface area contributed by atoms with Gasteiger partial charge in [0.05, 0.1) is 21.9 Å². The molecule has 3 nitrogen and oxygen atoms in total. The number of anilines is 1. The van der Waals surface area contributed by atoms with E-state index in [1.54, 1.807) is 30.3 Å². The summed E-state index contributed by atoms with van der Waals surface area (Å²) in [6.45, 7) is 0. The molecule has 104 valence electrons. The molecule has 0 aliphatic heterocycles. The molecule has 0 atom stereocenters. The molecule has 0 bridgehead atoms. The van der Waals surface area contributed by atoms with Crippen molar-refractivity contribution >= 4 is 62.6 Å². The number of hydrazone groups is 1. The van der Waals surface area contributed by atoms with Crippen molar-refractivity contribution in [2.75, 3.05) is 5.43 Å². The Hall–Kier alpha value is -0.940. The Labute approximate surface area is 139 Å². The molecule has 2 aromatic rings. The molecule has 2 rings (SSSR count). The predicted molar refractivity (Wildman–Crippen MR) is 88.5 cm³/mol. The third-order valence-electron chi connectivity index (χ3n) is 2.38. The second-order valence-electron chi connectivity index (χ2n) is 3.82. The Morgan fingerprint density at radius 1 is 1.10 bits per heavy atom. The summed E-state index contributed by atoms with van der Waals surface area (Å²) in [6, 6.07) is 8.14. The zero-order valence-corrected chi connectivity index (χ0v) is 13.7. The van der Waals surface area contributed by atoms with Crippen molar-refractivity contribution in [3.05, 3.63) is 55.4 Å². The normalized spacial score (nSPS) is 11.0. The summed E-state index contributed by atoms with van der Waals surface area (Å²) in [7, 11) is 0. The molecule has 2 aromatic carbocycles. The summed E-state index contributed by atoms with van der Waals surface area (Å²) >= 11 is 21.2. The molecule has 0 heterocycles. The van der Waals surface area contributed by atoms with Crippen molar-refractivity contribution in [2.45, 2.75) is 0 Å². The van der Waals surface area contributed by atoms with Crippen molar-refractivity contribution in [3.63, 3.8) is 0 Å². The minimum Gasteiger partial charge on any atom is -0.507 e. The van der Waals surface area contributed by atoms with E-state index >= 15 is 0 Å². The summed E-state index contributed by atoms with van der Waals surface area (Å²) in [6.07, 6.45) is 1.46. The van der Waals surface area contributed by atoms with Gasteiger partial charge < -0.3 is 5.11 Å². The predicted octanol–water partition coefficient (Wildman–Crippen LogP) is 5.56. The van der Waals surface area contributed by atoms with Crippen LogP contribution in [0.5, 0.6) is 5.75 Å². The lowest BCUT2D eigenvalue weighted by Gasteiger charge is -2.06. The van der Waals surface area contributed by atoms with Crippen LogP contribution in [0.1, 0.15) is 5.56 Å². The van der Waals surface area contributed by atoms with Gasteiger partial charge in [-0.05, 0) is 30.3 Å². The lowest BCUT2D eigenvalue weighted by Crippen LogP contribution is -1.93. The monoisotopic (exact) mass is 392 g/mol. The minimum absolute atomic E-state index is 0.118. The van der Waals surface area contributed by atoms with E-state index in [4.69, 9.17) is 34.8 Å². The third kappa shape index (κ3) is 3.79. The summed E-state index contributed by atoms with van der Waals surface area (Å²) in [5.74, 6) is 0.118. The van der Waals surface area contributed by atoms with E-state index in [-0.39, 0.29) is 5.75 Å². The SMILES string of the molecule is Oc1ccc(Br)cc1/C=N/Nc1c(Cl)cc(Cl)cc1Cl. The van der Waals surface area contributed by atoms with Crippen molar-refractivity contribution in [1.29, 1.82) is 0 Å². The van der Waals surface area contributed by atoms with E-state index in [1.807, 2.05) is 0 Å². The molecule has 0 fully saturated rings. The fourth-order valence-corrected chi connectivity index (χ4v) is 2.72. The molecule has 0 aliphatic rings. The van der Waals surface area contributed by atoms with Gasteiger partial charge in [-0.1, -0.05) is 50.7 Å². The van der Waals surface area contributed by atoms with Crippen molar-refractivity contribution in [3.8, 4) is 5.75 Å². The summed E-state index contributed by atoms with van der Waals surface area (Å²) in [5, 5.41) is 14.8. The maximum absolute atomic E-state index is 9.67. The van der Waals surface area contributed by atoms with E-state index in [1.165, 1.54) is 6.21 Å². The Kier molecular flexibility index (Phi) is 5.16. The van der Waals surface area contributed by atoms with Gasteiger partial charge in [0.15, 0.2) is 0 Å². The van der Waals surface area contributed by atoms with Crippen molar-refractivity contribution < 1.29 is 5.11 Å². The fraction of sp³-hybridized carbons (Fsp3) is 0. The molecule has 0 aromatic heterocycles. The number of nitrogens with zero attached hydrogens (tertiary/aromatic N) is 1. The van der Waals surface area contributed by atoms with Crippen molar-refractivity contribution in [1.82, 2.24) is 0 Å². The van der Waals surface area contributed by atoms with E-state index in [9.17, 15) is 5.11 Å². The number of hydrogen-bond acceptors (Lipinski definition) is 3. The van der Waals surface area contributed by atoms with E-state index in [0.29, 0.717) is 26.3 Å². The van der Waals surface area contributed by atoms with Crippen LogP contribution in [-0.4, -0.2) is 11.3 Å². The van der Waals surface area contributed by atoms with Gasteiger partial charge in [0, 0.05) is 15.1 Å². The van der Waals surface area contributed by atoms with Gasteiger partial charge in [-0.3, -0.25) is 5.43 Å². The van der Waals surface area contributed by atoms with E-state index < -0.39 is 0 Å². The van der Waals surface area contributed by atoms with Crippen LogP contribution in [0.3, 0.4) is 0 Å². The maximum Gasteiger partial charge on any atom is 0.124 e. The second kappa shape index (κ2) is 6.68. The van der Waals surface area contributed by atoms with Crippen LogP contribution in [0.4, 0.5) is 5.69 Å². The molecule has 0 aliphatic carbocycles. The third-order valence-corrected chi connectivity index (χ3v) is 3.68. The molecule has 0 spiro atoms. The molecular weight excluding hydrogens is 386 g/mol. The van der Waals surface area contributed by atoms with Gasteiger partial charge in [-0.15, -0.1) is 0 Å². The molecule has 20 heavy (non-hydrogen) atoms. The molecule has 0 saturated heterocycles. The number of rotatable bonds is 3. The van der Waals surface area contributed by atoms with Crippen LogP contribution in [0.2, 0.25) is 15.1 Å². The van der Waals surface area contributed by atoms with Gasteiger partial charge in [-0.2, -0.15) is 5.10 Å². The number of aromatic hydroxyl groups is 1. The minimum atomic E-state index is 0.118. The van der Waals surface area contributed by atoms with Gasteiger partial charge in [-0.25, -0.2) is 0 Å². The zero-order valence-electron chi connectivity index (χ0n) is 9.87. The molecule has 2 N–H and O–H groups in total. The Morgan fingerprint density at radius 3 is 2.40 bits per heavy atom. The lowest BCUT2D eigenvalue weighted by atomic mass is 10.2. The average molecular weight is 394 g/mol. The van der Waals surface area contributed by atoms with Crippen molar-refractivity contribution in [2.24, 2.45) is 5.10 Å². The molecule has 7 heteroatoms. The highest BCUT2D eigenvalue weighted by Gasteiger charge is 2.06. The topological polar surface area (TPSA) is 44.6 Å². The maximum atomic E-state index is 9.67. The van der Waals surface area contributed by atoms with E-state index in [0.717, 1.165) is 4.47 Å². The number of hydrogen-bond donors (Lipinski definition) is 2. The number of phenols is 1. The first kappa shape index (κ1) is 15.4. The standard InChI is InChI=1S/C13H8BrCl3N2O/c14-8-1-2-12(20)7(3-8)6-18-19-13-10(16)4-9(15)5-11(13)17/h1-6,19-20H/b18-6+. The highest BCUT2D eigenvalue weighted by Crippen LogP contribution is 2.33. The largest absolute Gasteiger partial charge is 0.507 e. The van der Waals surface area contributed by atoms with Crippen LogP contribution in [0.25, 0.3) is 0 Å². The smallest absolute Gasteiger partial charge is 0.124 e. The fourth-order valence-electron chi connectivity index (χ4n) is 1.44. The van der Waals surface area contributed by atoms with E-state index in [2.05, 4.69) is 26.5 Å². The van der Waals surface area contributed by atoms with Crippen LogP contribution in [-0.2, 0) is 0 Å².